The molecule has 2 nitrogen and oxygen atoms in total. The SMILES string of the molecule is COc1cc(Cl)c(C(O)c2cccc(Br)c2F)cc1Cl. The summed E-state index contributed by atoms with van der Waals surface area (Å²) in [5.74, 6) is -0.148. The number of hydrogen-bond acceptors (Lipinski definition) is 2. The Morgan fingerprint density at radius 3 is 2.55 bits per heavy atom. The number of halogens is 4. The molecule has 0 heterocycles. The van der Waals surface area contributed by atoms with Gasteiger partial charge in [0.15, 0.2) is 0 Å². The van der Waals surface area contributed by atoms with Crippen molar-refractivity contribution in [1.29, 1.82) is 0 Å². The van der Waals surface area contributed by atoms with Crippen molar-refractivity contribution in [3.8, 4) is 5.75 Å². The molecule has 0 aliphatic carbocycles. The van der Waals surface area contributed by atoms with Gasteiger partial charge in [0.05, 0.1) is 21.6 Å². The minimum absolute atomic E-state index is 0.113. The summed E-state index contributed by atoms with van der Waals surface area (Å²) < 4.78 is 19.3. The standard InChI is InChI=1S/C14H10BrCl2FO2/c1-20-12-6-10(16)8(5-11(12)17)14(19)7-3-2-4-9(15)13(7)18/h2-6,14,19H,1H3. The maximum Gasteiger partial charge on any atom is 0.143 e. The zero-order valence-electron chi connectivity index (χ0n) is 10.3. The summed E-state index contributed by atoms with van der Waals surface area (Å²) in [7, 11) is 1.46. The van der Waals surface area contributed by atoms with Crippen LogP contribution in [0.2, 0.25) is 10.0 Å². The summed E-state index contributed by atoms with van der Waals surface area (Å²) in [4.78, 5) is 0. The van der Waals surface area contributed by atoms with Gasteiger partial charge in [-0.2, -0.15) is 0 Å². The molecule has 0 radical (unpaired) electrons. The van der Waals surface area contributed by atoms with Crippen LogP contribution in [0.4, 0.5) is 4.39 Å². The molecule has 106 valence electrons. The Morgan fingerprint density at radius 2 is 1.90 bits per heavy atom. The Kier molecular flexibility index (Phi) is 4.91. The summed E-state index contributed by atoms with van der Waals surface area (Å²) >= 11 is 15.2. The van der Waals surface area contributed by atoms with Crippen molar-refractivity contribution in [1.82, 2.24) is 0 Å². The van der Waals surface area contributed by atoms with Crippen molar-refractivity contribution in [2.45, 2.75) is 6.10 Å². The van der Waals surface area contributed by atoms with Crippen LogP contribution in [0.25, 0.3) is 0 Å². The number of aliphatic hydroxyl groups is 1. The molecule has 6 heteroatoms. The average Bonchev–Trinajstić information content (AvgIpc) is 2.43. The predicted octanol–water partition coefficient (Wildman–Crippen LogP) is 4.99. The maximum absolute atomic E-state index is 14.0. The van der Waals surface area contributed by atoms with Crippen LogP contribution in [0.3, 0.4) is 0 Å². The van der Waals surface area contributed by atoms with E-state index < -0.39 is 11.9 Å². The Labute approximate surface area is 134 Å². The Balaban J connectivity index is 2.51. The molecule has 1 N–H and O–H groups in total. The van der Waals surface area contributed by atoms with E-state index in [1.807, 2.05) is 0 Å². The van der Waals surface area contributed by atoms with E-state index in [9.17, 15) is 9.50 Å². The van der Waals surface area contributed by atoms with Gasteiger partial charge in [-0.1, -0.05) is 35.3 Å². The molecule has 1 unspecified atom stereocenters. The first kappa shape index (κ1) is 15.6. The number of aliphatic hydroxyl groups excluding tert-OH is 1. The van der Waals surface area contributed by atoms with E-state index in [0.717, 1.165) is 0 Å². The molecule has 0 saturated heterocycles. The average molecular weight is 380 g/mol. The van der Waals surface area contributed by atoms with Crippen molar-refractivity contribution in [2.24, 2.45) is 0 Å². The molecule has 2 aromatic rings. The molecule has 2 aromatic carbocycles. The number of ether oxygens (including phenoxy) is 1. The first-order valence-corrected chi connectivity index (χ1v) is 7.15. The van der Waals surface area contributed by atoms with Crippen LogP contribution in [0, 0.1) is 5.82 Å². The fraction of sp³-hybridized carbons (Fsp3) is 0.143. The summed E-state index contributed by atoms with van der Waals surface area (Å²) in [6.45, 7) is 0. The van der Waals surface area contributed by atoms with Gasteiger partial charge in [-0.15, -0.1) is 0 Å². The third-order valence-electron chi connectivity index (χ3n) is 2.84. The molecule has 0 aliphatic heterocycles. The summed E-state index contributed by atoms with van der Waals surface area (Å²) in [5, 5.41) is 10.9. The molecule has 20 heavy (non-hydrogen) atoms. The largest absolute Gasteiger partial charge is 0.495 e. The van der Waals surface area contributed by atoms with Crippen LogP contribution in [-0.4, -0.2) is 12.2 Å². The zero-order valence-corrected chi connectivity index (χ0v) is 13.4. The Hall–Kier alpha value is -0.810. The number of methoxy groups -OCH3 is 1. The van der Waals surface area contributed by atoms with E-state index >= 15 is 0 Å². The highest BCUT2D eigenvalue weighted by Gasteiger charge is 2.20. The van der Waals surface area contributed by atoms with Gasteiger partial charge < -0.3 is 9.84 Å². The smallest absolute Gasteiger partial charge is 0.143 e. The van der Waals surface area contributed by atoms with Gasteiger partial charge in [0.2, 0.25) is 0 Å². The van der Waals surface area contributed by atoms with Crippen LogP contribution < -0.4 is 4.74 Å². The van der Waals surface area contributed by atoms with Gasteiger partial charge >= 0.3 is 0 Å². The van der Waals surface area contributed by atoms with Crippen molar-refractivity contribution < 1.29 is 14.2 Å². The number of hydrogen-bond donors (Lipinski definition) is 1. The number of rotatable bonds is 3. The minimum atomic E-state index is -1.22. The highest BCUT2D eigenvalue weighted by atomic mass is 79.9. The topological polar surface area (TPSA) is 29.5 Å². The monoisotopic (exact) mass is 378 g/mol. The van der Waals surface area contributed by atoms with E-state index in [1.165, 1.54) is 25.3 Å². The molecule has 0 aromatic heterocycles. The third-order valence-corrected chi connectivity index (χ3v) is 4.08. The van der Waals surface area contributed by atoms with Gasteiger partial charge in [-0.3, -0.25) is 0 Å². The summed E-state index contributed by atoms with van der Waals surface area (Å²) in [6, 6.07) is 7.62. The van der Waals surface area contributed by atoms with E-state index in [0.29, 0.717) is 16.3 Å². The van der Waals surface area contributed by atoms with Crippen LogP contribution in [0.15, 0.2) is 34.8 Å². The van der Waals surface area contributed by atoms with Gasteiger partial charge in [0.1, 0.15) is 17.7 Å². The third kappa shape index (κ3) is 2.93. The first-order chi connectivity index (χ1) is 9.45. The van der Waals surface area contributed by atoms with Crippen LogP contribution in [0.5, 0.6) is 5.75 Å². The second-order valence-electron chi connectivity index (χ2n) is 4.05. The van der Waals surface area contributed by atoms with Gasteiger partial charge in [0, 0.05) is 17.2 Å². The molecule has 0 bridgehead atoms. The lowest BCUT2D eigenvalue weighted by Crippen LogP contribution is -2.04. The summed E-state index contributed by atoms with van der Waals surface area (Å²) in [5.41, 5.74) is 0.428. The van der Waals surface area contributed by atoms with Crippen LogP contribution in [0.1, 0.15) is 17.2 Å². The van der Waals surface area contributed by atoms with E-state index in [1.54, 1.807) is 12.1 Å². The second kappa shape index (κ2) is 6.31. The number of benzene rings is 2. The normalized spacial score (nSPS) is 12.3. The lowest BCUT2D eigenvalue weighted by atomic mass is 10.0. The molecular weight excluding hydrogens is 370 g/mol. The fourth-order valence-corrected chi connectivity index (χ4v) is 2.70. The van der Waals surface area contributed by atoms with Crippen LogP contribution in [-0.2, 0) is 0 Å². The van der Waals surface area contributed by atoms with Gasteiger partial charge in [-0.25, -0.2) is 4.39 Å². The van der Waals surface area contributed by atoms with Crippen molar-refractivity contribution in [3.63, 3.8) is 0 Å². The second-order valence-corrected chi connectivity index (χ2v) is 5.72. The molecule has 2 rings (SSSR count). The molecule has 0 spiro atoms. The highest BCUT2D eigenvalue weighted by Crippen LogP contribution is 2.37. The fourth-order valence-electron chi connectivity index (χ4n) is 1.81. The quantitative estimate of drug-likeness (QED) is 0.814. The molecule has 0 fully saturated rings. The molecule has 0 saturated carbocycles. The minimum Gasteiger partial charge on any atom is -0.495 e. The van der Waals surface area contributed by atoms with Crippen molar-refractivity contribution in [2.75, 3.05) is 7.11 Å². The zero-order chi connectivity index (χ0) is 14.9. The lowest BCUT2D eigenvalue weighted by molar-refractivity contribution is 0.214. The summed E-state index contributed by atoms with van der Waals surface area (Å²) in [6.07, 6.45) is -1.22. The van der Waals surface area contributed by atoms with Crippen LogP contribution >= 0.6 is 39.1 Å². The highest BCUT2D eigenvalue weighted by molar-refractivity contribution is 9.10. The van der Waals surface area contributed by atoms with E-state index in [4.69, 9.17) is 27.9 Å². The van der Waals surface area contributed by atoms with Crippen molar-refractivity contribution >= 4 is 39.1 Å². The Morgan fingerprint density at radius 1 is 1.20 bits per heavy atom. The molecular formula is C14H10BrCl2FO2. The van der Waals surface area contributed by atoms with Crippen molar-refractivity contribution in [3.05, 3.63) is 61.8 Å². The van der Waals surface area contributed by atoms with E-state index in [2.05, 4.69) is 15.9 Å². The molecule has 0 aliphatic rings. The van der Waals surface area contributed by atoms with Gasteiger partial charge in [-0.05, 0) is 28.1 Å². The van der Waals surface area contributed by atoms with Gasteiger partial charge in [0.25, 0.3) is 0 Å². The lowest BCUT2D eigenvalue weighted by Gasteiger charge is -2.16. The Bertz CT molecular complexity index is 649. The maximum atomic E-state index is 14.0. The first-order valence-electron chi connectivity index (χ1n) is 5.60. The molecule has 0 amide bonds. The molecule has 1 atom stereocenters. The predicted molar refractivity (Wildman–Crippen MR) is 81.2 cm³/mol. The van der Waals surface area contributed by atoms with E-state index in [-0.39, 0.29) is 15.1 Å².